The molecule has 1 aromatic heterocycles. The highest BCUT2D eigenvalue weighted by Gasteiger charge is 2.27. The maximum absolute atomic E-state index is 12.9. The largest absolute Gasteiger partial charge is 0.456 e. The van der Waals surface area contributed by atoms with E-state index in [1.807, 2.05) is 0 Å². The molecule has 5 nitrogen and oxygen atoms in total. The number of ether oxygens (including phenoxy) is 1. The molecule has 0 spiro atoms. The van der Waals surface area contributed by atoms with E-state index in [-0.39, 0.29) is 17.3 Å². The number of Topliss-reactive ketones (excluding diaryl/α,β-unsaturated/α-hetero) is 1. The Bertz CT molecular complexity index is 804. The van der Waals surface area contributed by atoms with Gasteiger partial charge in [-0.2, -0.15) is 0 Å². The molecular formula is C18H17ClFNO4S. The number of carbonyl (C=O) groups excluding carboxylic acids is 3. The van der Waals surface area contributed by atoms with Crippen LogP contribution in [-0.4, -0.2) is 30.3 Å². The van der Waals surface area contributed by atoms with E-state index in [0.717, 1.165) is 23.5 Å². The van der Waals surface area contributed by atoms with Crippen molar-refractivity contribution in [3.63, 3.8) is 0 Å². The molecule has 0 aliphatic heterocycles. The summed E-state index contributed by atoms with van der Waals surface area (Å²) in [6.45, 7) is 3.03. The lowest BCUT2D eigenvalue weighted by molar-refractivity contribution is -0.145. The van der Waals surface area contributed by atoms with E-state index >= 15 is 0 Å². The monoisotopic (exact) mass is 397 g/mol. The van der Waals surface area contributed by atoms with E-state index in [9.17, 15) is 18.8 Å². The topological polar surface area (TPSA) is 72.5 Å². The average molecular weight is 398 g/mol. The normalized spacial score (nSPS) is 11.9. The van der Waals surface area contributed by atoms with E-state index < -0.39 is 30.3 Å². The van der Waals surface area contributed by atoms with Crippen LogP contribution in [0, 0.1) is 11.7 Å². The van der Waals surface area contributed by atoms with Gasteiger partial charge in [0.25, 0.3) is 5.91 Å². The van der Waals surface area contributed by atoms with Crippen LogP contribution in [0.25, 0.3) is 0 Å². The second-order valence-electron chi connectivity index (χ2n) is 5.84. The first kappa shape index (κ1) is 20.1. The Balaban J connectivity index is 1.97. The summed E-state index contributed by atoms with van der Waals surface area (Å²) in [5.74, 6) is -2.35. The lowest BCUT2D eigenvalue weighted by atomic mass is 10.0. The molecule has 2 aromatic rings. The van der Waals surface area contributed by atoms with Crippen molar-refractivity contribution < 1.29 is 23.5 Å². The third-order valence-electron chi connectivity index (χ3n) is 3.51. The first-order chi connectivity index (χ1) is 12.3. The highest BCUT2D eigenvalue weighted by molar-refractivity contribution is 7.18. The molecule has 26 heavy (non-hydrogen) atoms. The Morgan fingerprint density at radius 2 is 1.81 bits per heavy atom. The smallest absolute Gasteiger partial charge is 0.329 e. The van der Waals surface area contributed by atoms with Gasteiger partial charge in [0.05, 0.1) is 9.21 Å². The SMILES string of the molecule is CC(C)[C@H](NC(=O)c1ccc(F)cc1)C(=O)OCC(=O)c1ccc(Cl)s1. The fraction of sp³-hybridized carbons (Fsp3) is 0.278. The molecule has 0 saturated heterocycles. The summed E-state index contributed by atoms with van der Waals surface area (Å²) >= 11 is 6.87. The molecule has 0 bridgehead atoms. The van der Waals surface area contributed by atoms with E-state index in [2.05, 4.69) is 5.32 Å². The number of esters is 1. The number of nitrogens with one attached hydrogen (secondary N) is 1. The highest BCUT2D eigenvalue weighted by Crippen LogP contribution is 2.21. The first-order valence-electron chi connectivity index (χ1n) is 7.79. The molecule has 0 radical (unpaired) electrons. The number of rotatable bonds is 7. The number of hydrogen-bond acceptors (Lipinski definition) is 5. The number of amides is 1. The molecule has 0 fully saturated rings. The minimum atomic E-state index is -0.938. The zero-order valence-corrected chi connectivity index (χ0v) is 15.7. The summed E-state index contributed by atoms with van der Waals surface area (Å²) in [6.07, 6.45) is 0. The molecule has 0 aliphatic rings. The zero-order valence-electron chi connectivity index (χ0n) is 14.1. The Morgan fingerprint density at radius 3 is 2.35 bits per heavy atom. The number of benzene rings is 1. The Labute approximate surface area is 159 Å². The van der Waals surface area contributed by atoms with Gasteiger partial charge in [-0.25, -0.2) is 9.18 Å². The first-order valence-corrected chi connectivity index (χ1v) is 8.99. The molecule has 2 rings (SSSR count). The van der Waals surface area contributed by atoms with Crippen molar-refractivity contribution in [2.75, 3.05) is 6.61 Å². The van der Waals surface area contributed by atoms with Crippen LogP contribution in [0.2, 0.25) is 4.34 Å². The van der Waals surface area contributed by atoms with Crippen LogP contribution in [0.3, 0.4) is 0 Å². The molecule has 1 heterocycles. The molecule has 1 amide bonds. The summed E-state index contributed by atoms with van der Waals surface area (Å²) in [6, 6.07) is 7.15. The molecule has 0 unspecified atom stereocenters. The summed E-state index contributed by atoms with van der Waals surface area (Å²) in [5, 5.41) is 2.55. The fourth-order valence-corrected chi connectivity index (χ4v) is 3.05. The fourth-order valence-electron chi connectivity index (χ4n) is 2.09. The van der Waals surface area contributed by atoms with Gasteiger partial charge in [0, 0.05) is 5.56 Å². The lowest BCUT2D eigenvalue weighted by Gasteiger charge is -2.20. The molecular weight excluding hydrogens is 381 g/mol. The predicted molar refractivity (Wildman–Crippen MR) is 97.1 cm³/mol. The van der Waals surface area contributed by atoms with Crippen molar-refractivity contribution in [1.29, 1.82) is 0 Å². The van der Waals surface area contributed by atoms with Crippen molar-refractivity contribution in [3.05, 3.63) is 57.0 Å². The maximum Gasteiger partial charge on any atom is 0.329 e. The standard InChI is InChI=1S/C18H17ClFNO4S/c1-10(2)16(21-17(23)11-3-5-12(20)6-4-11)18(24)25-9-13(22)14-7-8-15(19)26-14/h3-8,10,16H,9H2,1-2H3,(H,21,23)/t16-/m0/s1. The molecule has 1 atom stereocenters. The third kappa shape index (κ3) is 5.37. The second-order valence-corrected chi connectivity index (χ2v) is 7.55. The third-order valence-corrected chi connectivity index (χ3v) is 4.78. The van der Waals surface area contributed by atoms with Crippen molar-refractivity contribution >= 4 is 40.6 Å². The van der Waals surface area contributed by atoms with E-state index in [1.54, 1.807) is 26.0 Å². The van der Waals surface area contributed by atoms with Crippen molar-refractivity contribution in [2.24, 2.45) is 5.92 Å². The lowest BCUT2D eigenvalue weighted by Crippen LogP contribution is -2.45. The van der Waals surface area contributed by atoms with Gasteiger partial charge >= 0.3 is 5.97 Å². The average Bonchev–Trinajstić information content (AvgIpc) is 3.04. The van der Waals surface area contributed by atoms with Crippen molar-refractivity contribution in [1.82, 2.24) is 5.32 Å². The summed E-state index contributed by atoms with van der Waals surface area (Å²) in [4.78, 5) is 36.9. The highest BCUT2D eigenvalue weighted by atomic mass is 35.5. The Kier molecular flexibility index (Phi) is 6.88. The summed E-state index contributed by atoms with van der Waals surface area (Å²) in [7, 11) is 0. The quantitative estimate of drug-likeness (QED) is 0.571. The van der Waals surface area contributed by atoms with E-state index in [1.165, 1.54) is 12.1 Å². The van der Waals surface area contributed by atoms with Crippen LogP contribution < -0.4 is 5.32 Å². The minimum Gasteiger partial charge on any atom is -0.456 e. The van der Waals surface area contributed by atoms with Gasteiger partial charge in [0.15, 0.2) is 6.61 Å². The predicted octanol–water partition coefficient (Wildman–Crippen LogP) is 3.72. The molecule has 0 aliphatic carbocycles. The van der Waals surface area contributed by atoms with Gasteiger partial charge in [-0.15, -0.1) is 11.3 Å². The van der Waals surface area contributed by atoms with Crippen LogP contribution in [0.15, 0.2) is 36.4 Å². The zero-order chi connectivity index (χ0) is 19.3. The van der Waals surface area contributed by atoms with Crippen LogP contribution in [0.5, 0.6) is 0 Å². The van der Waals surface area contributed by atoms with E-state index in [0.29, 0.717) is 9.21 Å². The van der Waals surface area contributed by atoms with Crippen LogP contribution in [0.1, 0.15) is 33.9 Å². The maximum atomic E-state index is 12.9. The van der Waals surface area contributed by atoms with Gasteiger partial charge in [0.1, 0.15) is 11.9 Å². The van der Waals surface area contributed by atoms with Crippen molar-refractivity contribution in [2.45, 2.75) is 19.9 Å². The number of carbonyl (C=O) groups is 3. The number of halogens is 2. The number of thiophene rings is 1. The van der Waals surface area contributed by atoms with Crippen LogP contribution >= 0.6 is 22.9 Å². The van der Waals surface area contributed by atoms with Gasteiger partial charge < -0.3 is 10.1 Å². The molecule has 138 valence electrons. The Hall–Kier alpha value is -2.25. The van der Waals surface area contributed by atoms with Crippen LogP contribution in [-0.2, 0) is 9.53 Å². The van der Waals surface area contributed by atoms with Crippen LogP contribution in [0.4, 0.5) is 4.39 Å². The molecule has 1 aromatic carbocycles. The van der Waals surface area contributed by atoms with E-state index in [4.69, 9.17) is 16.3 Å². The van der Waals surface area contributed by atoms with Gasteiger partial charge in [-0.3, -0.25) is 9.59 Å². The second kappa shape index (κ2) is 8.91. The molecule has 0 saturated carbocycles. The number of ketones is 1. The van der Waals surface area contributed by atoms with Gasteiger partial charge in [-0.05, 0) is 42.3 Å². The Morgan fingerprint density at radius 1 is 1.15 bits per heavy atom. The minimum absolute atomic E-state index is 0.217. The number of hydrogen-bond donors (Lipinski definition) is 1. The summed E-state index contributed by atoms with van der Waals surface area (Å²) < 4.78 is 18.5. The van der Waals surface area contributed by atoms with Crippen molar-refractivity contribution in [3.8, 4) is 0 Å². The summed E-state index contributed by atoms with van der Waals surface area (Å²) in [5.41, 5.74) is 0.217. The molecule has 1 N–H and O–H groups in total. The molecule has 8 heteroatoms. The van der Waals surface area contributed by atoms with Gasteiger partial charge in [-0.1, -0.05) is 25.4 Å². The van der Waals surface area contributed by atoms with Gasteiger partial charge in [0.2, 0.25) is 5.78 Å².